The number of anilines is 1. The van der Waals surface area contributed by atoms with Crippen molar-refractivity contribution in [3.05, 3.63) is 18.6 Å². The fraction of sp³-hybridized carbons (Fsp3) is 0.538. The second-order valence-electron chi connectivity index (χ2n) is 5.11. The molecule has 0 aromatic carbocycles. The van der Waals surface area contributed by atoms with Crippen molar-refractivity contribution in [3.63, 3.8) is 0 Å². The number of hydrogen-bond donors (Lipinski definition) is 2. The lowest BCUT2D eigenvalue weighted by Gasteiger charge is -2.14. The number of hydrogen-bond acceptors (Lipinski definition) is 4. The van der Waals surface area contributed by atoms with Crippen LogP contribution in [0, 0.1) is 5.92 Å². The lowest BCUT2D eigenvalue weighted by molar-refractivity contribution is 0.470. The molecule has 1 fully saturated rings. The van der Waals surface area contributed by atoms with Crippen LogP contribution in [0.1, 0.15) is 25.3 Å². The van der Waals surface area contributed by atoms with Gasteiger partial charge in [0.05, 0.1) is 5.39 Å². The van der Waals surface area contributed by atoms with Crippen LogP contribution in [0.2, 0.25) is 0 Å². The van der Waals surface area contributed by atoms with Crippen LogP contribution in [0.4, 0.5) is 5.82 Å². The number of nitrogens with zero attached hydrogens (tertiary/aromatic N) is 3. The van der Waals surface area contributed by atoms with Crippen molar-refractivity contribution in [2.75, 3.05) is 19.3 Å². The Hall–Kier alpha value is -1.62. The van der Waals surface area contributed by atoms with Crippen molar-refractivity contribution in [1.29, 1.82) is 0 Å². The maximum absolute atomic E-state index is 5.87. The molecule has 3 rings (SSSR count). The molecule has 3 N–H and O–H groups in total. The van der Waals surface area contributed by atoms with Crippen molar-refractivity contribution in [3.8, 4) is 0 Å². The fourth-order valence-corrected chi connectivity index (χ4v) is 3.06. The second kappa shape index (κ2) is 4.57. The van der Waals surface area contributed by atoms with E-state index in [0.29, 0.717) is 11.9 Å². The predicted octanol–water partition coefficient (Wildman–Crippen LogP) is 1.57. The molecule has 18 heavy (non-hydrogen) atoms. The van der Waals surface area contributed by atoms with Gasteiger partial charge in [-0.05, 0) is 44.8 Å². The fourth-order valence-electron chi connectivity index (χ4n) is 3.06. The molecule has 5 heteroatoms. The first-order valence-corrected chi connectivity index (χ1v) is 6.51. The number of nitrogen functional groups attached to an aromatic ring is 1. The van der Waals surface area contributed by atoms with Crippen LogP contribution in [-0.4, -0.2) is 28.1 Å². The van der Waals surface area contributed by atoms with Crippen molar-refractivity contribution in [2.24, 2.45) is 5.92 Å². The first kappa shape index (κ1) is 11.5. The quantitative estimate of drug-likeness (QED) is 0.861. The summed E-state index contributed by atoms with van der Waals surface area (Å²) in [6, 6.07) is 2.57. The summed E-state index contributed by atoms with van der Waals surface area (Å²) in [6.07, 6.45) is 7.37. The number of fused-ring (bicyclic) bond motifs is 1. The Kier molecular flexibility index (Phi) is 2.91. The Bertz CT molecular complexity index is 547. The summed E-state index contributed by atoms with van der Waals surface area (Å²) < 4.78 is 2.27. The van der Waals surface area contributed by atoms with Crippen LogP contribution >= 0.6 is 0 Å². The molecule has 0 spiro atoms. The van der Waals surface area contributed by atoms with E-state index in [1.807, 2.05) is 13.1 Å². The topological polar surface area (TPSA) is 68.8 Å². The Balaban J connectivity index is 1.89. The van der Waals surface area contributed by atoms with Gasteiger partial charge in [0.1, 0.15) is 17.8 Å². The van der Waals surface area contributed by atoms with Crippen molar-refractivity contribution >= 4 is 16.9 Å². The molecule has 2 heterocycles. The summed E-state index contributed by atoms with van der Waals surface area (Å²) in [6.45, 7) is 1.10. The minimum atomic E-state index is 0.551. The van der Waals surface area contributed by atoms with E-state index in [1.165, 1.54) is 19.3 Å². The summed E-state index contributed by atoms with van der Waals surface area (Å²) in [5, 5.41) is 4.23. The normalized spacial score (nSPS) is 23.8. The van der Waals surface area contributed by atoms with Gasteiger partial charge in [-0.15, -0.1) is 0 Å². The smallest absolute Gasteiger partial charge is 0.145 e. The van der Waals surface area contributed by atoms with Gasteiger partial charge in [0.25, 0.3) is 0 Å². The van der Waals surface area contributed by atoms with Crippen molar-refractivity contribution < 1.29 is 0 Å². The summed E-state index contributed by atoms with van der Waals surface area (Å²) in [5.74, 6) is 1.35. The SMILES string of the molecule is CNCC1CCC(n2ccc3c(N)ncnc32)C1. The van der Waals surface area contributed by atoms with Crippen molar-refractivity contribution in [1.82, 2.24) is 19.9 Å². The average Bonchev–Trinajstić information content (AvgIpc) is 2.96. The van der Waals surface area contributed by atoms with Crippen LogP contribution < -0.4 is 11.1 Å². The summed E-state index contributed by atoms with van der Waals surface area (Å²) >= 11 is 0. The molecule has 96 valence electrons. The van der Waals surface area contributed by atoms with Crippen LogP contribution in [0.5, 0.6) is 0 Å². The third-order valence-corrected chi connectivity index (χ3v) is 3.94. The third-order valence-electron chi connectivity index (χ3n) is 3.94. The minimum Gasteiger partial charge on any atom is -0.383 e. The Labute approximate surface area is 106 Å². The van der Waals surface area contributed by atoms with Gasteiger partial charge < -0.3 is 15.6 Å². The van der Waals surface area contributed by atoms with Gasteiger partial charge in [-0.3, -0.25) is 0 Å². The van der Waals surface area contributed by atoms with E-state index >= 15 is 0 Å². The first-order valence-electron chi connectivity index (χ1n) is 6.51. The molecular formula is C13H19N5. The zero-order valence-corrected chi connectivity index (χ0v) is 10.6. The predicted molar refractivity (Wildman–Crippen MR) is 72.2 cm³/mol. The number of nitrogens with one attached hydrogen (secondary N) is 1. The van der Waals surface area contributed by atoms with E-state index in [9.17, 15) is 0 Å². The number of rotatable bonds is 3. The highest BCUT2D eigenvalue weighted by Gasteiger charge is 2.26. The Morgan fingerprint density at radius 2 is 2.33 bits per heavy atom. The molecule has 1 aliphatic rings. The highest BCUT2D eigenvalue weighted by Crippen LogP contribution is 2.36. The molecule has 0 amide bonds. The molecule has 1 saturated carbocycles. The van der Waals surface area contributed by atoms with Gasteiger partial charge in [0, 0.05) is 12.2 Å². The van der Waals surface area contributed by atoms with E-state index in [4.69, 9.17) is 5.73 Å². The summed E-state index contributed by atoms with van der Waals surface area (Å²) in [4.78, 5) is 8.41. The highest BCUT2D eigenvalue weighted by molar-refractivity contribution is 5.86. The molecule has 2 unspecified atom stereocenters. The lowest BCUT2D eigenvalue weighted by atomic mass is 10.1. The van der Waals surface area contributed by atoms with Crippen molar-refractivity contribution in [2.45, 2.75) is 25.3 Å². The molecule has 2 aromatic rings. The molecule has 0 saturated heterocycles. The maximum Gasteiger partial charge on any atom is 0.145 e. The summed E-state index contributed by atoms with van der Waals surface area (Å²) in [7, 11) is 2.02. The largest absolute Gasteiger partial charge is 0.383 e. The van der Waals surface area contributed by atoms with Crippen LogP contribution in [0.25, 0.3) is 11.0 Å². The van der Waals surface area contributed by atoms with Gasteiger partial charge in [-0.25, -0.2) is 9.97 Å². The number of nitrogens with two attached hydrogens (primary N) is 1. The van der Waals surface area contributed by atoms with E-state index in [2.05, 4.69) is 26.0 Å². The van der Waals surface area contributed by atoms with Gasteiger partial charge in [-0.2, -0.15) is 0 Å². The van der Waals surface area contributed by atoms with E-state index < -0.39 is 0 Å². The first-order chi connectivity index (χ1) is 8.79. The average molecular weight is 245 g/mol. The number of aromatic nitrogens is 3. The second-order valence-corrected chi connectivity index (χ2v) is 5.11. The molecule has 5 nitrogen and oxygen atoms in total. The maximum atomic E-state index is 5.87. The van der Waals surface area contributed by atoms with Crippen LogP contribution in [0.3, 0.4) is 0 Å². The van der Waals surface area contributed by atoms with E-state index in [0.717, 1.165) is 23.5 Å². The monoisotopic (exact) mass is 245 g/mol. The van der Waals surface area contributed by atoms with Crippen LogP contribution in [0.15, 0.2) is 18.6 Å². The molecule has 2 aromatic heterocycles. The van der Waals surface area contributed by atoms with Gasteiger partial charge in [-0.1, -0.05) is 0 Å². The molecular weight excluding hydrogens is 226 g/mol. The van der Waals surface area contributed by atoms with Gasteiger partial charge in [0.15, 0.2) is 0 Å². The standard InChI is InChI=1S/C13H19N5/c1-15-7-9-2-3-10(6-9)18-5-4-11-12(14)16-8-17-13(11)18/h4-5,8-10,15H,2-3,6-7H2,1H3,(H2,14,16,17). The Morgan fingerprint density at radius 3 is 3.17 bits per heavy atom. The van der Waals surface area contributed by atoms with Crippen LogP contribution in [-0.2, 0) is 0 Å². The summed E-state index contributed by atoms with van der Waals surface area (Å²) in [5.41, 5.74) is 6.84. The molecule has 0 radical (unpaired) electrons. The Morgan fingerprint density at radius 1 is 1.44 bits per heavy atom. The lowest BCUT2D eigenvalue weighted by Crippen LogP contribution is -2.16. The van der Waals surface area contributed by atoms with E-state index in [-0.39, 0.29) is 0 Å². The minimum absolute atomic E-state index is 0.551. The van der Waals surface area contributed by atoms with Gasteiger partial charge in [0.2, 0.25) is 0 Å². The molecule has 0 aliphatic heterocycles. The molecule has 0 bridgehead atoms. The van der Waals surface area contributed by atoms with E-state index in [1.54, 1.807) is 6.33 Å². The van der Waals surface area contributed by atoms with Gasteiger partial charge >= 0.3 is 0 Å². The highest BCUT2D eigenvalue weighted by atomic mass is 15.1. The molecule has 1 aliphatic carbocycles. The molecule has 2 atom stereocenters. The third kappa shape index (κ3) is 1.84. The zero-order valence-electron chi connectivity index (χ0n) is 10.6. The zero-order chi connectivity index (χ0) is 12.5.